The van der Waals surface area contributed by atoms with Crippen molar-refractivity contribution in [2.24, 2.45) is 0 Å². The van der Waals surface area contributed by atoms with Gasteiger partial charge in [-0.1, -0.05) is 20.3 Å². The summed E-state index contributed by atoms with van der Waals surface area (Å²) in [7, 11) is 0. The minimum absolute atomic E-state index is 0.284. The van der Waals surface area contributed by atoms with Gasteiger partial charge in [0.05, 0.1) is 0 Å². The molecule has 0 amide bonds. The highest BCUT2D eigenvalue weighted by Crippen LogP contribution is 2.15. The van der Waals surface area contributed by atoms with Gasteiger partial charge in [0.2, 0.25) is 0 Å². The number of aliphatic carboxylic acids is 1. The Morgan fingerprint density at radius 2 is 1.94 bits per heavy atom. The Kier molecular flexibility index (Phi) is 8.26. The summed E-state index contributed by atoms with van der Waals surface area (Å²) in [5, 5.41) is 8.65. The van der Waals surface area contributed by atoms with Crippen LogP contribution in [-0.4, -0.2) is 34.6 Å². The van der Waals surface area contributed by atoms with Crippen molar-refractivity contribution in [3.8, 4) is 0 Å². The molecule has 0 rings (SSSR count). The molecule has 0 aromatic rings. The monoisotopic (exact) mass is 229 g/mol. The van der Waals surface area contributed by atoms with Crippen LogP contribution in [0.5, 0.6) is 0 Å². The number of carbonyl (C=O) groups is 1. The zero-order chi connectivity index (χ0) is 12.6. The van der Waals surface area contributed by atoms with Crippen LogP contribution in [0.4, 0.5) is 0 Å². The smallest absolute Gasteiger partial charge is 0.303 e. The lowest BCUT2D eigenvalue weighted by Crippen LogP contribution is -2.40. The number of hydrogen-bond acceptors (Lipinski definition) is 2. The summed E-state index contributed by atoms with van der Waals surface area (Å²) in [6, 6.07) is 1.11. The average molecular weight is 229 g/mol. The van der Waals surface area contributed by atoms with Crippen molar-refractivity contribution in [2.75, 3.05) is 6.54 Å². The lowest BCUT2D eigenvalue weighted by molar-refractivity contribution is -0.137. The summed E-state index contributed by atoms with van der Waals surface area (Å²) in [5.41, 5.74) is 0. The largest absolute Gasteiger partial charge is 0.481 e. The Morgan fingerprint density at radius 3 is 2.31 bits per heavy atom. The highest BCUT2D eigenvalue weighted by molar-refractivity contribution is 5.66. The van der Waals surface area contributed by atoms with E-state index in [4.69, 9.17) is 5.11 Å². The lowest BCUT2D eigenvalue weighted by Gasteiger charge is -2.34. The van der Waals surface area contributed by atoms with Crippen LogP contribution < -0.4 is 0 Å². The molecule has 3 heteroatoms. The third kappa shape index (κ3) is 6.11. The number of rotatable bonds is 9. The van der Waals surface area contributed by atoms with Gasteiger partial charge in [-0.05, 0) is 39.7 Å². The highest BCUT2D eigenvalue weighted by atomic mass is 16.4. The van der Waals surface area contributed by atoms with Gasteiger partial charge >= 0.3 is 5.97 Å². The van der Waals surface area contributed by atoms with Gasteiger partial charge in [0, 0.05) is 18.5 Å². The summed E-state index contributed by atoms with van der Waals surface area (Å²) < 4.78 is 0. The normalized spacial score (nSPS) is 13.4. The first-order chi connectivity index (χ1) is 7.52. The van der Waals surface area contributed by atoms with Crippen molar-refractivity contribution in [2.45, 2.75) is 71.9 Å². The van der Waals surface area contributed by atoms with E-state index < -0.39 is 5.97 Å². The van der Waals surface area contributed by atoms with Crippen molar-refractivity contribution in [1.82, 2.24) is 4.90 Å². The molecule has 0 saturated heterocycles. The maximum atomic E-state index is 10.5. The van der Waals surface area contributed by atoms with Crippen molar-refractivity contribution in [1.29, 1.82) is 0 Å². The molecule has 16 heavy (non-hydrogen) atoms. The van der Waals surface area contributed by atoms with Gasteiger partial charge in [-0.15, -0.1) is 0 Å². The van der Waals surface area contributed by atoms with Crippen LogP contribution in [0.1, 0.15) is 59.8 Å². The zero-order valence-electron chi connectivity index (χ0n) is 11.2. The molecule has 1 atom stereocenters. The Balaban J connectivity index is 4.18. The zero-order valence-corrected chi connectivity index (χ0v) is 11.2. The van der Waals surface area contributed by atoms with Gasteiger partial charge in [0.1, 0.15) is 0 Å². The van der Waals surface area contributed by atoms with Crippen LogP contribution in [0.25, 0.3) is 0 Å². The second-order valence-corrected chi connectivity index (χ2v) is 4.68. The van der Waals surface area contributed by atoms with Crippen molar-refractivity contribution in [3.05, 3.63) is 0 Å². The molecule has 0 aliphatic heterocycles. The molecule has 0 bridgehead atoms. The third-order valence-corrected chi connectivity index (χ3v) is 3.03. The van der Waals surface area contributed by atoms with E-state index in [1.54, 1.807) is 0 Å². The fourth-order valence-corrected chi connectivity index (χ4v) is 2.21. The van der Waals surface area contributed by atoms with E-state index in [0.717, 1.165) is 19.4 Å². The summed E-state index contributed by atoms with van der Waals surface area (Å²) in [6.45, 7) is 9.71. The quantitative estimate of drug-likeness (QED) is 0.660. The number of hydrogen-bond donors (Lipinski definition) is 1. The van der Waals surface area contributed by atoms with Crippen molar-refractivity contribution < 1.29 is 9.90 Å². The molecule has 0 aromatic carbocycles. The number of carboxylic acid groups (broad SMARTS) is 1. The second kappa shape index (κ2) is 8.57. The van der Waals surface area contributed by atoms with E-state index in [1.807, 2.05) is 0 Å². The van der Waals surface area contributed by atoms with Gasteiger partial charge in [0.15, 0.2) is 0 Å². The predicted octanol–water partition coefficient (Wildman–Crippen LogP) is 3.14. The molecule has 0 spiro atoms. The number of carboxylic acids is 1. The van der Waals surface area contributed by atoms with Gasteiger partial charge < -0.3 is 5.11 Å². The summed E-state index contributed by atoms with van der Waals surface area (Å²) in [6.07, 6.45) is 4.60. The Hall–Kier alpha value is -0.570. The van der Waals surface area contributed by atoms with Crippen LogP contribution in [0.2, 0.25) is 0 Å². The third-order valence-electron chi connectivity index (χ3n) is 3.03. The average Bonchev–Trinajstić information content (AvgIpc) is 2.21. The topological polar surface area (TPSA) is 40.5 Å². The molecule has 0 aromatic heterocycles. The Bertz CT molecular complexity index is 192. The van der Waals surface area contributed by atoms with Crippen LogP contribution in [0, 0.1) is 0 Å². The molecule has 0 radical (unpaired) electrons. The molecule has 96 valence electrons. The first-order valence-electron chi connectivity index (χ1n) is 6.50. The molecular formula is C13H27NO2. The van der Waals surface area contributed by atoms with Crippen molar-refractivity contribution >= 4 is 5.97 Å². The first-order valence-corrected chi connectivity index (χ1v) is 6.50. The second-order valence-electron chi connectivity index (χ2n) is 4.68. The molecule has 0 heterocycles. The van der Waals surface area contributed by atoms with Gasteiger partial charge in [-0.2, -0.15) is 0 Å². The van der Waals surface area contributed by atoms with Gasteiger partial charge in [-0.25, -0.2) is 0 Å². The van der Waals surface area contributed by atoms with E-state index in [1.165, 1.54) is 12.8 Å². The Labute approximate surface area is 99.8 Å². The molecule has 1 unspecified atom stereocenters. The Morgan fingerprint density at radius 1 is 1.31 bits per heavy atom. The van der Waals surface area contributed by atoms with E-state index in [2.05, 4.69) is 32.6 Å². The van der Waals surface area contributed by atoms with E-state index in [0.29, 0.717) is 12.1 Å². The van der Waals surface area contributed by atoms with E-state index in [-0.39, 0.29) is 6.42 Å². The summed E-state index contributed by atoms with van der Waals surface area (Å²) in [4.78, 5) is 12.9. The minimum atomic E-state index is -0.688. The van der Waals surface area contributed by atoms with Gasteiger partial charge in [0.25, 0.3) is 0 Å². The molecule has 3 nitrogen and oxygen atoms in total. The summed E-state index contributed by atoms with van der Waals surface area (Å²) >= 11 is 0. The first kappa shape index (κ1) is 15.4. The fourth-order valence-electron chi connectivity index (χ4n) is 2.21. The fraction of sp³-hybridized carbons (Fsp3) is 0.923. The molecule has 0 fully saturated rings. The standard InChI is InChI=1S/C13H27NO2/c1-5-8-12(6-2)14(11(3)4)10-7-9-13(15)16/h11-12H,5-10H2,1-4H3,(H,15,16). The van der Waals surface area contributed by atoms with E-state index >= 15 is 0 Å². The maximum Gasteiger partial charge on any atom is 0.303 e. The van der Waals surface area contributed by atoms with E-state index in [9.17, 15) is 4.79 Å². The highest BCUT2D eigenvalue weighted by Gasteiger charge is 2.18. The van der Waals surface area contributed by atoms with Gasteiger partial charge in [-0.3, -0.25) is 9.69 Å². The minimum Gasteiger partial charge on any atom is -0.481 e. The molecule has 1 N–H and O–H groups in total. The molecular weight excluding hydrogens is 202 g/mol. The maximum absolute atomic E-state index is 10.5. The summed E-state index contributed by atoms with van der Waals surface area (Å²) in [5.74, 6) is -0.688. The van der Waals surface area contributed by atoms with Crippen molar-refractivity contribution in [3.63, 3.8) is 0 Å². The van der Waals surface area contributed by atoms with Crippen LogP contribution in [0.15, 0.2) is 0 Å². The molecule has 0 aliphatic carbocycles. The molecule has 0 aliphatic rings. The van der Waals surface area contributed by atoms with Crippen LogP contribution >= 0.6 is 0 Å². The van der Waals surface area contributed by atoms with Crippen LogP contribution in [-0.2, 0) is 4.79 Å². The molecule has 0 saturated carbocycles. The van der Waals surface area contributed by atoms with Crippen LogP contribution in [0.3, 0.4) is 0 Å². The SMILES string of the molecule is CCCC(CC)N(CCCC(=O)O)C(C)C. The predicted molar refractivity (Wildman–Crippen MR) is 67.7 cm³/mol. The number of nitrogens with zero attached hydrogens (tertiary/aromatic N) is 1. The lowest BCUT2D eigenvalue weighted by atomic mass is 10.0.